The summed E-state index contributed by atoms with van der Waals surface area (Å²) in [7, 11) is -3.89. The quantitative estimate of drug-likeness (QED) is 0.629. The Kier molecular flexibility index (Phi) is 5.73. The van der Waals surface area contributed by atoms with E-state index in [0.717, 1.165) is 15.1 Å². The molecule has 1 aliphatic rings. The first-order valence-corrected chi connectivity index (χ1v) is 10.4. The van der Waals surface area contributed by atoms with E-state index in [2.05, 4.69) is 17.9 Å². The van der Waals surface area contributed by atoms with Crippen LogP contribution in [-0.4, -0.2) is 54.1 Å². The van der Waals surface area contributed by atoms with E-state index < -0.39 is 27.9 Å². The SMILES string of the molecule is O=C(O)CCNC(=O)[C@@H]1C[C@H](S)CN1S(=O)(=O)c1ccc2ccccc2c1. The fourth-order valence-corrected chi connectivity index (χ4v) is 5.33. The summed E-state index contributed by atoms with van der Waals surface area (Å²) >= 11 is 4.35. The Bertz CT molecular complexity index is 977. The van der Waals surface area contributed by atoms with Crippen molar-refractivity contribution in [2.24, 2.45) is 0 Å². The lowest BCUT2D eigenvalue weighted by Gasteiger charge is -2.23. The number of hydrogen-bond acceptors (Lipinski definition) is 5. The van der Waals surface area contributed by atoms with Gasteiger partial charge in [-0.1, -0.05) is 30.3 Å². The molecule has 144 valence electrons. The van der Waals surface area contributed by atoms with Crippen molar-refractivity contribution >= 4 is 45.3 Å². The van der Waals surface area contributed by atoms with Crippen LogP contribution in [0.25, 0.3) is 10.8 Å². The number of nitrogens with one attached hydrogen (secondary N) is 1. The molecular weight excluding hydrogens is 388 g/mol. The summed E-state index contributed by atoms with van der Waals surface area (Å²) in [4.78, 5) is 23.1. The standard InChI is InChI=1S/C18H20N2O5S2/c21-17(22)7-8-19-18(23)16-10-14(26)11-20(16)27(24,25)15-6-5-12-3-1-2-4-13(12)9-15/h1-6,9,14,16,26H,7-8,10-11H2,(H,19,23)(H,21,22)/t14-,16-/m0/s1. The van der Waals surface area contributed by atoms with E-state index in [-0.39, 0.29) is 36.1 Å². The topological polar surface area (TPSA) is 104 Å². The van der Waals surface area contributed by atoms with E-state index in [1.54, 1.807) is 12.1 Å². The maximum atomic E-state index is 13.1. The molecule has 2 aromatic rings. The van der Waals surface area contributed by atoms with Crippen LogP contribution >= 0.6 is 12.6 Å². The van der Waals surface area contributed by atoms with Gasteiger partial charge in [-0.25, -0.2) is 8.42 Å². The van der Waals surface area contributed by atoms with Gasteiger partial charge in [0.05, 0.1) is 11.3 Å². The number of carbonyl (C=O) groups excluding carboxylic acids is 1. The summed E-state index contributed by atoms with van der Waals surface area (Å²) in [5.41, 5.74) is 0. The van der Waals surface area contributed by atoms with Crippen LogP contribution in [0.1, 0.15) is 12.8 Å². The van der Waals surface area contributed by atoms with Gasteiger partial charge in [-0.2, -0.15) is 16.9 Å². The minimum absolute atomic E-state index is 0.0498. The number of thiol groups is 1. The van der Waals surface area contributed by atoms with Crippen molar-refractivity contribution in [2.45, 2.75) is 29.0 Å². The van der Waals surface area contributed by atoms with Crippen molar-refractivity contribution in [3.05, 3.63) is 42.5 Å². The van der Waals surface area contributed by atoms with Crippen LogP contribution < -0.4 is 5.32 Å². The zero-order valence-electron chi connectivity index (χ0n) is 14.4. The van der Waals surface area contributed by atoms with Gasteiger partial charge in [0.2, 0.25) is 15.9 Å². The number of rotatable bonds is 6. The molecule has 9 heteroatoms. The van der Waals surface area contributed by atoms with Crippen LogP contribution in [0, 0.1) is 0 Å². The molecule has 2 atom stereocenters. The number of nitrogens with zero attached hydrogens (tertiary/aromatic N) is 1. The van der Waals surface area contributed by atoms with Crippen molar-refractivity contribution < 1.29 is 23.1 Å². The van der Waals surface area contributed by atoms with Gasteiger partial charge in [-0.3, -0.25) is 9.59 Å². The highest BCUT2D eigenvalue weighted by Gasteiger charge is 2.42. The van der Waals surface area contributed by atoms with Crippen molar-refractivity contribution in [3.63, 3.8) is 0 Å². The molecule has 1 saturated heterocycles. The van der Waals surface area contributed by atoms with Gasteiger partial charge in [0.15, 0.2) is 0 Å². The fourth-order valence-electron chi connectivity index (χ4n) is 3.16. The minimum atomic E-state index is -3.89. The summed E-state index contributed by atoms with van der Waals surface area (Å²) in [6.45, 7) is 0.0705. The molecule has 0 saturated carbocycles. The zero-order valence-corrected chi connectivity index (χ0v) is 16.1. The Labute approximate surface area is 162 Å². The first-order chi connectivity index (χ1) is 12.8. The second kappa shape index (κ2) is 7.87. The van der Waals surface area contributed by atoms with Crippen LogP contribution in [0.2, 0.25) is 0 Å². The van der Waals surface area contributed by atoms with Gasteiger partial charge < -0.3 is 10.4 Å². The van der Waals surface area contributed by atoms with E-state index in [4.69, 9.17) is 5.11 Å². The number of fused-ring (bicyclic) bond motifs is 1. The number of aliphatic carboxylic acids is 1. The molecule has 0 spiro atoms. The van der Waals surface area contributed by atoms with Gasteiger partial charge in [0, 0.05) is 18.3 Å². The minimum Gasteiger partial charge on any atom is -0.481 e. The summed E-state index contributed by atoms with van der Waals surface area (Å²) < 4.78 is 27.4. The monoisotopic (exact) mass is 408 g/mol. The van der Waals surface area contributed by atoms with Gasteiger partial charge in [-0.05, 0) is 29.3 Å². The fraction of sp³-hybridized carbons (Fsp3) is 0.333. The lowest BCUT2D eigenvalue weighted by molar-refractivity contribution is -0.137. The molecule has 2 N–H and O–H groups in total. The van der Waals surface area contributed by atoms with Crippen LogP contribution in [0.5, 0.6) is 0 Å². The summed E-state index contributed by atoms with van der Waals surface area (Å²) in [5.74, 6) is -1.54. The predicted molar refractivity (Wildman–Crippen MR) is 104 cm³/mol. The van der Waals surface area contributed by atoms with Gasteiger partial charge in [-0.15, -0.1) is 0 Å². The third-order valence-electron chi connectivity index (χ3n) is 4.50. The molecule has 0 radical (unpaired) electrons. The van der Waals surface area contributed by atoms with Gasteiger partial charge in [0.25, 0.3) is 0 Å². The van der Waals surface area contributed by atoms with Crippen LogP contribution in [0.3, 0.4) is 0 Å². The molecule has 27 heavy (non-hydrogen) atoms. The van der Waals surface area contributed by atoms with Crippen molar-refractivity contribution in [2.75, 3.05) is 13.1 Å². The van der Waals surface area contributed by atoms with Crippen LogP contribution in [0.15, 0.2) is 47.4 Å². The number of carboxylic acid groups (broad SMARTS) is 1. The number of carboxylic acids is 1. The van der Waals surface area contributed by atoms with E-state index in [0.29, 0.717) is 0 Å². The number of carbonyl (C=O) groups is 2. The molecular formula is C18H20N2O5S2. The molecule has 1 aliphatic heterocycles. The highest BCUT2D eigenvalue weighted by molar-refractivity contribution is 7.89. The Morgan fingerprint density at radius 3 is 2.59 bits per heavy atom. The largest absolute Gasteiger partial charge is 0.481 e. The van der Waals surface area contributed by atoms with Gasteiger partial charge in [0.1, 0.15) is 6.04 Å². The maximum Gasteiger partial charge on any atom is 0.305 e. The second-order valence-electron chi connectivity index (χ2n) is 6.42. The molecule has 1 amide bonds. The third kappa shape index (κ3) is 4.26. The Hall–Kier alpha value is -2.10. The Balaban J connectivity index is 1.86. The molecule has 0 unspecified atom stereocenters. The number of amides is 1. The van der Waals surface area contributed by atoms with Crippen molar-refractivity contribution in [3.8, 4) is 0 Å². The molecule has 1 heterocycles. The lowest BCUT2D eigenvalue weighted by Crippen LogP contribution is -2.46. The smallest absolute Gasteiger partial charge is 0.305 e. The zero-order chi connectivity index (χ0) is 19.6. The second-order valence-corrected chi connectivity index (χ2v) is 9.04. The van der Waals surface area contributed by atoms with E-state index in [1.165, 1.54) is 6.07 Å². The maximum absolute atomic E-state index is 13.1. The van der Waals surface area contributed by atoms with E-state index in [9.17, 15) is 18.0 Å². The summed E-state index contributed by atoms with van der Waals surface area (Å²) in [6.07, 6.45) is 0.0506. The van der Waals surface area contributed by atoms with E-state index >= 15 is 0 Å². The number of benzene rings is 2. The molecule has 1 fully saturated rings. The Morgan fingerprint density at radius 1 is 1.19 bits per heavy atom. The lowest BCUT2D eigenvalue weighted by atomic mass is 10.1. The molecule has 2 aromatic carbocycles. The highest BCUT2D eigenvalue weighted by Crippen LogP contribution is 2.30. The number of hydrogen-bond donors (Lipinski definition) is 3. The van der Waals surface area contributed by atoms with Crippen LogP contribution in [-0.2, 0) is 19.6 Å². The highest BCUT2D eigenvalue weighted by atomic mass is 32.2. The third-order valence-corrected chi connectivity index (χ3v) is 6.75. The Morgan fingerprint density at radius 2 is 1.89 bits per heavy atom. The summed E-state index contributed by atoms with van der Waals surface area (Å²) in [5, 5.41) is 12.6. The normalized spacial score (nSPS) is 20.6. The predicted octanol–water partition coefficient (Wildman–Crippen LogP) is 1.49. The first-order valence-electron chi connectivity index (χ1n) is 8.47. The van der Waals surface area contributed by atoms with Gasteiger partial charge >= 0.3 is 5.97 Å². The van der Waals surface area contributed by atoms with Crippen LogP contribution in [0.4, 0.5) is 0 Å². The molecule has 0 aliphatic carbocycles. The molecule has 7 nitrogen and oxygen atoms in total. The van der Waals surface area contributed by atoms with Crippen molar-refractivity contribution in [1.29, 1.82) is 0 Å². The molecule has 0 aromatic heterocycles. The average Bonchev–Trinajstić information content (AvgIpc) is 3.03. The average molecular weight is 409 g/mol. The molecule has 3 rings (SSSR count). The molecule has 0 bridgehead atoms. The van der Waals surface area contributed by atoms with Crippen molar-refractivity contribution in [1.82, 2.24) is 9.62 Å². The first kappa shape index (κ1) is 19.7. The number of sulfonamides is 1. The summed E-state index contributed by atoms with van der Waals surface area (Å²) in [6, 6.07) is 11.4. The van der Waals surface area contributed by atoms with E-state index in [1.807, 2.05) is 24.3 Å².